The number of carbonyl (C=O) groups excluding carboxylic acids is 1. The van der Waals surface area contributed by atoms with Gasteiger partial charge in [0, 0.05) is 34.3 Å². The Morgan fingerprint density at radius 3 is 2.31 bits per heavy atom. The van der Waals surface area contributed by atoms with Gasteiger partial charge in [-0.05, 0) is 68.8 Å². The van der Waals surface area contributed by atoms with Crippen molar-refractivity contribution in [1.82, 2.24) is 9.88 Å². The molecule has 0 bridgehead atoms. The van der Waals surface area contributed by atoms with Crippen molar-refractivity contribution in [3.05, 3.63) is 82.1 Å². The summed E-state index contributed by atoms with van der Waals surface area (Å²) in [5.41, 5.74) is 6.28. The first-order valence-corrected chi connectivity index (χ1v) is 8.87. The Kier molecular flexibility index (Phi) is 5.33. The third-order valence-corrected chi connectivity index (χ3v) is 4.62. The number of nitrogens with one attached hydrogen (secondary N) is 2. The smallest absolute Gasteiger partial charge is 0.319 e. The molecule has 0 saturated heterocycles. The number of nitrogens with zero attached hydrogens (tertiary/aromatic N) is 1. The molecule has 0 aliphatic carbocycles. The summed E-state index contributed by atoms with van der Waals surface area (Å²) < 4.78 is 2.16. The van der Waals surface area contributed by atoms with Crippen LogP contribution in [0.3, 0.4) is 0 Å². The number of rotatable bonds is 4. The van der Waals surface area contributed by atoms with E-state index in [9.17, 15) is 4.79 Å². The van der Waals surface area contributed by atoms with Crippen molar-refractivity contribution >= 4 is 23.3 Å². The number of hydrogen-bond donors (Lipinski definition) is 2. The normalized spacial score (nSPS) is 10.6. The highest BCUT2D eigenvalue weighted by Crippen LogP contribution is 2.22. The maximum atomic E-state index is 12.1. The second-order valence-corrected chi connectivity index (χ2v) is 6.82. The molecule has 0 aliphatic rings. The summed E-state index contributed by atoms with van der Waals surface area (Å²) in [6, 6.07) is 17.3. The number of benzene rings is 2. The number of halogens is 1. The van der Waals surface area contributed by atoms with Gasteiger partial charge in [-0.2, -0.15) is 0 Å². The molecule has 1 heterocycles. The van der Waals surface area contributed by atoms with E-state index in [1.165, 1.54) is 0 Å². The summed E-state index contributed by atoms with van der Waals surface area (Å²) in [5.74, 6) is 0. The predicted octanol–water partition coefficient (Wildman–Crippen LogP) is 5.38. The van der Waals surface area contributed by atoms with E-state index in [1.54, 1.807) is 0 Å². The molecular formula is C21H22ClN3O. The summed E-state index contributed by atoms with van der Waals surface area (Å²) in [5, 5.41) is 6.48. The van der Waals surface area contributed by atoms with Crippen LogP contribution < -0.4 is 10.6 Å². The minimum absolute atomic E-state index is 0.217. The van der Waals surface area contributed by atoms with E-state index in [0.717, 1.165) is 33.9 Å². The van der Waals surface area contributed by atoms with Crippen molar-refractivity contribution < 1.29 is 4.79 Å². The van der Waals surface area contributed by atoms with Crippen LogP contribution in [0.5, 0.6) is 0 Å². The van der Waals surface area contributed by atoms with Crippen LogP contribution in [-0.2, 0) is 6.54 Å². The predicted molar refractivity (Wildman–Crippen MR) is 107 cm³/mol. The van der Waals surface area contributed by atoms with Gasteiger partial charge in [-0.15, -0.1) is 0 Å². The molecule has 0 saturated carbocycles. The second-order valence-electron chi connectivity index (χ2n) is 6.38. The van der Waals surface area contributed by atoms with Gasteiger partial charge in [-0.25, -0.2) is 4.79 Å². The fourth-order valence-corrected chi connectivity index (χ4v) is 3.11. The van der Waals surface area contributed by atoms with Gasteiger partial charge in [-0.3, -0.25) is 0 Å². The molecule has 0 aliphatic heterocycles. The first-order chi connectivity index (χ1) is 12.4. The van der Waals surface area contributed by atoms with Gasteiger partial charge >= 0.3 is 6.03 Å². The van der Waals surface area contributed by atoms with Crippen LogP contribution in [0, 0.1) is 20.8 Å². The van der Waals surface area contributed by atoms with Crippen LogP contribution in [0.1, 0.15) is 22.5 Å². The zero-order chi connectivity index (χ0) is 18.7. The number of amides is 2. The minimum Gasteiger partial charge on any atom is -0.334 e. The molecule has 0 radical (unpaired) electrons. The molecule has 0 fully saturated rings. The van der Waals surface area contributed by atoms with Gasteiger partial charge in [0.05, 0.1) is 0 Å². The third kappa shape index (κ3) is 4.09. The Hall–Kier alpha value is -2.72. The van der Waals surface area contributed by atoms with E-state index >= 15 is 0 Å². The van der Waals surface area contributed by atoms with Crippen LogP contribution in [0.2, 0.25) is 5.02 Å². The van der Waals surface area contributed by atoms with Crippen molar-refractivity contribution in [2.45, 2.75) is 27.3 Å². The van der Waals surface area contributed by atoms with E-state index in [1.807, 2.05) is 55.5 Å². The Morgan fingerprint density at radius 1 is 1.00 bits per heavy atom. The minimum atomic E-state index is -0.217. The standard InChI is InChI=1S/C21H22ClN3O/c1-14-4-8-19(9-5-14)24-21(26)23-13-17-12-15(2)25(16(17)3)20-10-6-18(22)7-11-20/h4-12H,13H2,1-3H3,(H2,23,24,26). The van der Waals surface area contributed by atoms with E-state index in [4.69, 9.17) is 11.6 Å². The molecule has 2 amide bonds. The average Bonchev–Trinajstić information content (AvgIpc) is 2.90. The molecule has 4 nitrogen and oxygen atoms in total. The second kappa shape index (κ2) is 7.67. The Bertz CT molecular complexity index is 912. The number of urea groups is 1. The molecule has 3 rings (SSSR count). The quantitative estimate of drug-likeness (QED) is 0.639. The monoisotopic (exact) mass is 367 g/mol. The highest BCUT2D eigenvalue weighted by molar-refractivity contribution is 6.30. The molecule has 0 spiro atoms. The lowest BCUT2D eigenvalue weighted by Crippen LogP contribution is -2.28. The SMILES string of the molecule is Cc1ccc(NC(=O)NCc2cc(C)n(-c3ccc(Cl)cc3)c2C)cc1. The summed E-state index contributed by atoms with van der Waals surface area (Å²) in [6.45, 7) is 6.58. The lowest BCUT2D eigenvalue weighted by Gasteiger charge is -2.11. The van der Waals surface area contributed by atoms with Crippen LogP contribution >= 0.6 is 11.6 Å². The topological polar surface area (TPSA) is 46.1 Å². The number of carbonyl (C=O) groups is 1. The fourth-order valence-electron chi connectivity index (χ4n) is 2.98. The fraction of sp³-hybridized carbons (Fsp3) is 0.190. The van der Waals surface area contributed by atoms with E-state index in [2.05, 4.69) is 35.1 Å². The maximum Gasteiger partial charge on any atom is 0.319 e. The first kappa shape index (κ1) is 18.1. The molecule has 2 N–H and O–H groups in total. The van der Waals surface area contributed by atoms with Crippen LogP contribution in [0.4, 0.5) is 10.5 Å². The molecule has 0 unspecified atom stereocenters. The van der Waals surface area contributed by atoms with Crippen molar-refractivity contribution in [3.8, 4) is 5.69 Å². The van der Waals surface area contributed by atoms with Crippen LogP contribution in [-0.4, -0.2) is 10.6 Å². The molecule has 3 aromatic rings. The molecule has 5 heteroatoms. The Balaban J connectivity index is 1.68. The summed E-state index contributed by atoms with van der Waals surface area (Å²) in [7, 11) is 0. The molecule has 26 heavy (non-hydrogen) atoms. The Morgan fingerprint density at radius 2 is 1.65 bits per heavy atom. The number of anilines is 1. The van der Waals surface area contributed by atoms with Gasteiger partial charge in [-0.1, -0.05) is 29.3 Å². The van der Waals surface area contributed by atoms with Crippen molar-refractivity contribution in [1.29, 1.82) is 0 Å². The lowest BCUT2D eigenvalue weighted by molar-refractivity contribution is 0.251. The highest BCUT2D eigenvalue weighted by Gasteiger charge is 2.11. The first-order valence-electron chi connectivity index (χ1n) is 8.49. The summed E-state index contributed by atoms with van der Waals surface area (Å²) in [6.07, 6.45) is 0. The third-order valence-electron chi connectivity index (χ3n) is 4.37. The van der Waals surface area contributed by atoms with Gasteiger partial charge in [0.1, 0.15) is 0 Å². The zero-order valence-corrected chi connectivity index (χ0v) is 15.9. The molecule has 0 atom stereocenters. The lowest BCUT2D eigenvalue weighted by atomic mass is 10.2. The van der Waals surface area contributed by atoms with Crippen molar-refractivity contribution in [3.63, 3.8) is 0 Å². The van der Waals surface area contributed by atoms with E-state index < -0.39 is 0 Å². The molecular weight excluding hydrogens is 346 g/mol. The van der Waals surface area contributed by atoms with E-state index in [0.29, 0.717) is 11.6 Å². The van der Waals surface area contributed by atoms with Gasteiger partial charge in [0.15, 0.2) is 0 Å². The van der Waals surface area contributed by atoms with Gasteiger partial charge in [0.25, 0.3) is 0 Å². The molecule has 1 aromatic heterocycles. The van der Waals surface area contributed by atoms with Crippen LogP contribution in [0.15, 0.2) is 54.6 Å². The summed E-state index contributed by atoms with van der Waals surface area (Å²) >= 11 is 5.98. The Labute approximate surface area is 158 Å². The zero-order valence-electron chi connectivity index (χ0n) is 15.1. The van der Waals surface area contributed by atoms with Crippen LogP contribution in [0.25, 0.3) is 5.69 Å². The van der Waals surface area contributed by atoms with E-state index in [-0.39, 0.29) is 6.03 Å². The highest BCUT2D eigenvalue weighted by atomic mass is 35.5. The van der Waals surface area contributed by atoms with Crippen molar-refractivity contribution in [2.75, 3.05) is 5.32 Å². The average molecular weight is 368 g/mol. The van der Waals surface area contributed by atoms with Gasteiger partial charge in [0.2, 0.25) is 0 Å². The molecule has 134 valence electrons. The van der Waals surface area contributed by atoms with Gasteiger partial charge < -0.3 is 15.2 Å². The summed E-state index contributed by atoms with van der Waals surface area (Å²) in [4.78, 5) is 12.1. The number of hydrogen-bond acceptors (Lipinski definition) is 1. The maximum absolute atomic E-state index is 12.1. The number of aromatic nitrogens is 1. The van der Waals surface area contributed by atoms with Crippen molar-refractivity contribution in [2.24, 2.45) is 0 Å². The molecule has 2 aromatic carbocycles. The number of aryl methyl sites for hydroxylation is 2. The largest absolute Gasteiger partial charge is 0.334 e.